The van der Waals surface area contributed by atoms with Crippen molar-refractivity contribution in [3.63, 3.8) is 0 Å². The molecule has 1 atom stereocenters. The number of benzene rings is 1. The lowest BCUT2D eigenvalue weighted by atomic mass is 9.94. The predicted octanol–water partition coefficient (Wildman–Crippen LogP) is 2.79. The highest BCUT2D eigenvalue weighted by Crippen LogP contribution is 2.35. The predicted molar refractivity (Wildman–Crippen MR) is 77.3 cm³/mol. The van der Waals surface area contributed by atoms with E-state index in [0.717, 1.165) is 30.0 Å². The van der Waals surface area contributed by atoms with Crippen LogP contribution in [-0.2, 0) is 13.0 Å². The molecule has 1 aromatic carbocycles. The number of aliphatic hydroxyl groups is 1. The summed E-state index contributed by atoms with van der Waals surface area (Å²) in [7, 11) is 0. The number of rotatable bonds is 0. The zero-order valence-corrected chi connectivity index (χ0v) is 11.3. The average molecular weight is 275 g/mol. The summed E-state index contributed by atoms with van der Waals surface area (Å²) in [6, 6.07) is 6.03. The molecule has 0 saturated carbocycles. The minimum Gasteiger partial charge on any atom is -0.389 e. The third-order valence-corrected chi connectivity index (χ3v) is 4.37. The summed E-state index contributed by atoms with van der Waals surface area (Å²) >= 11 is 6.14. The van der Waals surface area contributed by atoms with Crippen molar-refractivity contribution in [1.82, 2.24) is 4.57 Å². The molecule has 19 heavy (non-hydrogen) atoms. The summed E-state index contributed by atoms with van der Waals surface area (Å²) in [6.45, 7) is 1.14. The summed E-state index contributed by atoms with van der Waals surface area (Å²) in [5.74, 6) is 0. The molecule has 0 radical (unpaired) electrons. The molecule has 0 bridgehead atoms. The standard InChI is InChI=1S/C15H15ClN2O/c16-9-4-5-14-12(6-9)11-2-1-3-13-15(11)18(14)8-10(19)7-17-13/h4-6,10,19H,1-3,7-8H2/t10-/m1/s1. The molecule has 2 aromatic rings. The van der Waals surface area contributed by atoms with E-state index in [1.54, 1.807) is 0 Å². The number of aryl methyl sites for hydroxylation is 1. The van der Waals surface area contributed by atoms with Crippen molar-refractivity contribution in [1.29, 1.82) is 0 Å². The second-order valence-corrected chi connectivity index (χ2v) is 5.83. The fourth-order valence-electron chi connectivity index (χ4n) is 3.36. The van der Waals surface area contributed by atoms with Crippen molar-refractivity contribution in [2.45, 2.75) is 31.9 Å². The Balaban J connectivity index is 2.10. The number of nitrogens with zero attached hydrogens (tertiary/aromatic N) is 2. The van der Waals surface area contributed by atoms with Crippen LogP contribution < -0.4 is 0 Å². The lowest BCUT2D eigenvalue weighted by Crippen LogP contribution is -2.18. The van der Waals surface area contributed by atoms with Gasteiger partial charge in [0, 0.05) is 15.9 Å². The van der Waals surface area contributed by atoms with Crippen LogP contribution in [0.1, 0.15) is 24.1 Å². The molecule has 98 valence electrons. The number of hydrogen-bond donors (Lipinski definition) is 1. The highest BCUT2D eigenvalue weighted by molar-refractivity contribution is 6.31. The van der Waals surface area contributed by atoms with Gasteiger partial charge in [0.05, 0.1) is 30.6 Å². The lowest BCUT2D eigenvalue weighted by molar-refractivity contribution is 0.166. The van der Waals surface area contributed by atoms with Gasteiger partial charge in [0.15, 0.2) is 0 Å². The van der Waals surface area contributed by atoms with E-state index < -0.39 is 6.10 Å². The van der Waals surface area contributed by atoms with Crippen molar-refractivity contribution >= 4 is 28.2 Å². The van der Waals surface area contributed by atoms with Crippen LogP contribution in [0.4, 0.5) is 0 Å². The Labute approximate surface area is 116 Å². The van der Waals surface area contributed by atoms with Gasteiger partial charge in [-0.3, -0.25) is 4.99 Å². The second kappa shape index (κ2) is 4.09. The maximum Gasteiger partial charge on any atom is 0.0914 e. The van der Waals surface area contributed by atoms with Gasteiger partial charge in [-0.1, -0.05) is 11.6 Å². The molecule has 0 spiro atoms. The van der Waals surface area contributed by atoms with E-state index in [1.165, 1.54) is 22.2 Å². The van der Waals surface area contributed by atoms with E-state index >= 15 is 0 Å². The quantitative estimate of drug-likeness (QED) is 0.788. The Morgan fingerprint density at radius 3 is 3.11 bits per heavy atom. The van der Waals surface area contributed by atoms with Crippen molar-refractivity contribution < 1.29 is 5.11 Å². The van der Waals surface area contributed by atoms with E-state index in [2.05, 4.69) is 15.6 Å². The zero-order valence-electron chi connectivity index (χ0n) is 10.6. The molecule has 2 aliphatic rings. The number of fused-ring (bicyclic) bond motifs is 3. The highest BCUT2D eigenvalue weighted by Gasteiger charge is 2.27. The monoisotopic (exact) mass is 274 g/mol. The van der Waals surface area contributed by atoms with Crippen LogP contribution >= 0.6 is 11.6 Å². The van der Waals surface area contributed by atoms with Crippen LogP contribution in [0.5, 0.6) is 0 Å². The number of aromatic nitrogens is 1. The van der Waals surface area contributed by atoms with Gasteiger partial charge in [0.1, 0.15) is 0 Å². The summed E-state index contributed by atoms with van der Waals surface area (Å²) in [5, 5.41) is 12.0. The van der Waals surface area contributed by atoms with Gasteiger partial charge in [0.25, 0.3) is 0 Å². The van der Waals surface area contributed by atoms with Gasteiger partial charge in [0.2, 0.25) is 0 Å². The summed E-state index contributed by atoms with van der Waals surface area (Å²) in [6.07, 6.45) is 2.83. The molecule has 1 aliphatic heterocycles. The van der Waals surface area contributed by atoms with Crippen LogP contribution in [-0.4, -0.2) is 28.0 Å². The fraction of sp³-hybridized carbons (Fsp3) is 0.400. The van der Waals surface area contributed by atoms with E-state index in [9.17, 15) is 5.11 Å². The minimum absolute atomic E-state index is 0.395. The molecule has 0 saturated heterocycles. The lowest BCUT2D eigenvalue weighted by Gasteiger charge is -2.16. The Kier molecular flexibility index (Phi) is 2.47. The normalized spacial score (nSPS) is 22.0. The Morgan fingerprint density at radius 2 is 2.21 bits per heavy atom. The van der Waals surface area contributed by atoms with Gasteiger partial charge < -0.3 is 9.67 Å². The number of aliphatic hydroxyl groups excluding tert-OH is 1. The maximum absolute atomic E-state index is 10.0. The molecule has 0 amide bonds. The third-order valence-electron chi connectivity index (χ3n) is 4.13. The van der Waals surface area contributed by atoms with Crippen LogP contribution in [0.3, 0.4) is 0 Å². The molecule has 3 nitrogen and oxygen atoms in total. The Morgan fingerprint density at radius 1 is 1.32 bits per heavy atom. The maximum atomic E-state index is 10.0. The summed E-state index contributed by atoms with van der Waals surface area (Å²) in [4.78, 5) is 4.61. The molecule has 1 aliphatic carbocycles. The first-order valence-electron chi connectivity index (χ1n) is 6.76. The van der Waals surface area contributed by atoms with Gasteiger partial charge in [-0.2, -0.15) is 0 Å². The topological polar surface area (TPSA) is 37.5 Å². The number of halogens is 1. The third kappa shape index (κ3) is 1.65. The van der Waals surface area contributed by atoms with E-state index in [0.29, 0.717) is 13.1 Å². The fourth-order valence-corrected chi connectivity index (χ4v) is 3.53. The second-order valence-electron chi connectivity index (χ2n) is 5.39. The first-order chi connectivity index (χ1) is 9.24. The van der Waals surface area contributed by atoms with Crippen LogP contribution in [0.15, 0.2) is 23.2 Å². The van der Waals surface area contributed by atoms with Crippen molar-refractivity contribution in [2.24, 2.45) is 4.99 Å². The van der Waals surface area contributed by atoms with E-state index in [4.69, 9.17) is 11.6 Å². The Bertz CT molecular complexity index is 702. The van der Waals surface area contributed by atoms with Gasteiger partial charge >= 0.3 is 0 Å². The molecule has 0 fully saturated rings. The largest absolute Gasteiger partial charge is 0.389 e. The van der Waals surface area contributed by atoms with E-state index in [1.807, 2.05) is 12.1 Å². The van der Waals surface area contributed by atoms with Crippen LogP contribution in [0.25, 0.3) is 10.9 Å². The zero-order chi connectivity index (χ0) is 13.0. The van der Waals surface area contributed by atoms with Crippen LogP contribution in [0, 0.1) is 0 Å². The SMILES string of the molecule is O[C@@H]1CN=C2CCCc3c2n(c2ccc(Cl)cc32)C1. The molecule has 4 heteroatoms. The molecule has 0 unspecified atom stereocenters. The molecular weight excluding hydrogens is 260 g/mol. The van der Waals surface area contributed by atoms with Crippen LogP contribution in [0.2, 0.25) is 5.02 Å². The Hall–Kier alpha value is -1.32. The summed E-state index contributed by atoms with van der Waals surface area (Å²) in [5.41, 5.74) is 4.92. The summed E-state index contributed by atoms with van der Waals surface area (Å²) < 4.78 is 2.23. The number of hydrogen-bond acceptors (Lipinski definition) is 2. The minimum atomic E-state index is -0.395. The number of aliphatic imine (C=N–C) groups is 1. The molecule has 4 rings (SSSR count). The van der Waals surface area contributed by atoms with Gasteiger partial charge in [-0.15, -0.1) is 0 Å². The smallest absolute Gasteiger partial charge is 0.0914 e. The highest BCUT2D eigenvalue weighted by atomic mass is 35.5. The average Bonchev–Trinajstić information content (AvgIpc) is 2.60. The van der Waals surface area contributed by atoms with Crippen molar-refractivity contribution in [2.75, 3.05) is 6.54 Å². The van der Waals surface area contributed by atoms with Crippen molar-refractivity contribution in [3.05, 3.63) is 34.5 Å². The van der Waals surface area contributed by atoms with Gasteiger partial charge in [-0.05, 0) is 43.0 Å². The molecule has 1 aromatic heterocycles. The molecular formula is C15H15ClN2O. The first kappa shape index (κ1) is 11.5. The van der Waals surface area contributed by atoms with Gasteiger partial charge in [-0.25, -0.2) is 0 Å². The molecule has 1 N–H and O–H groups in total. The first-order valence-corrected chi connectivity index (χ1v) is 7.14. The van der Waals surface area contributed by atoms with Crippen molar-refractivity contribution in [3.8, 4) is 0 Å². The molecule has 2 heterocycles. The van der Waals surface area contributed by atoms with E-state index in [-0.39, 0.29) is 0 Å².